The number of hydrogen-bond donors (Lipinski definition) is 1. The lowest BCUT2D eigenvalue weighted by molar-refractivity contribution is -0.384. The molecule has 1 N–H and O–H groups in total. The number of aliphatic hydroxyl groups excluding tert-OH is 1. The highest BCUT2D eigenvalue weighted by Crippen LogP contribution is 2.45. The van der Waals surface area contributed by atoms with Gasteiger partial charge in [-0.2, -0.15) is 0 Å². The van der Waals surface area contributed by atoms with E-state index in [1.807, 2.05) is 0 Å². The van der Waals surface area contributed by atoms with Crippen LogP contribution in [0.25, 0.3) is 16.0 Å². The molecule has 0 aliphatic carbocycles. The van der Waals surface area contributed by atoms with Crippen molar-refractivity contribution in [2.45, 2.75) is 6.04 Å². The number of benzene rings is 3. The van der Waals surface area contributed by atoms with E-state index >= 15 is 0 Å². The number of ketones is 1. The molecule has 1 saturated heterocycles. The fourth-order valence-electron chi connectivity index (χ4n) is 4.49. The third-order valence-corrected chi connectivity index (χ3v) is 7.45. The number of fused-ring (bicyclic) bond motifs is 2. The first kappa shape index (κ1) is 26.4. The second-order valence-electron chi connectivity index (χ2n) is 8.49. The lowest BCUT2D eigenvalue weighted by Crippen LogP contribution is -2.29. The Morgan fingerprint density at radius 2 is 1.85 bits per heavy atom. The van der Waals surface area contributed by atoms with Crippen LogP contribution < -0.4 is 14.4 Å². The lowest BCUT2D eigenvalue weighted by Gasteiger charge is -2.23. The molecule has 1 aromatic heterocycles. The van der Waals surface area contributed by atoms with Crippen molar-refractivity contribution in [2.75, 3.05) is 18.1 Å². The zero-order chi connectivity index (χ0) is 26.6. The Kier molecular flexibility index (Phi) is 6.89. The minimum Gasteiger partial charge on any atom is -0.507 e. The van der Waals surface area contributed by atoms with Gasteiger partial charge in [0.15, 0.2) is 16.6 Å². The van der Waals surface area contributed by atoms with Crippen LogP contribution in [0.3, 0.4) is 0 Å². The average molecular weight is 586 g/mol. The van der Waals surface area contributed by atoms with Gasteiger partial charge in [0.25, 0.3) is 11.5 Å². The van der Waals surface area contributed by atoms with Crippen molar-refractivity contribution in [1.82, 2.24) is 4.98 Å². The molecule has 13 heteroatoms. The summed E-state index contributed by atoms with van der Waals surface area (Å²) in [5.74, 6) is -1.47. The van der Waals surface area contributed by atoms with Crippen molar-refractivity contribution in [3.05, 3.63) is 92.5 Å². The molecule has 1 unspecified atom stereocenters. The topological polar surface area (TPSA) is 132 Å². The molecule has 0 spiro atoms. The first-order chi connectivity index (χ1) is 18.3. The van der Waals surface area contributed by atoms with Gasteiger partial charge in [-0.25, -0.2) is 4.98 Å². The highest BCUT2D eigenvalue weighted by molar-refractivity contribution is 7.22. The van der Waals surface area contributed by atoms with Gasteiger partial charge in [-0.15, -0.1) is 12.4 Å². The van der Waals surface area contributed by atoms with E-state index in [-0.39, 0.29) is 39.9 Å². The first-order valence-corrected chi connectivity index (χ1v) is 12.5. The predicted octanol–water partition coefficient (Wildman–Crippen LogP) is 5.68. The summed E-state index contributed by atoms with van der Waals surface area (Å²) in [6.45, 7) is 0.695. The van der Waals surface area contributed by atoms with Crippen molar-refractivity contribution in [2.24, 2.45) is 0 Å². The van der Waals surface area contributed by atoms with Crippen molar-refractivity contribution in [3.8, 4) is 11.5 Å². The Labute approximate surface area is 235 Å². The Balaban J connectivity index is 0.00000308. The van der Waals surface area contributed by atoms with E-state index in [9.17, 15) is 24.8 Å². The van der Waals surface area contributed by atoms with Gasteiger partial charge in [-0.3, -0.25) is 24.6 Å². The second-order valence-corrected chi connectivity index (χ2v) is 9.93. The zero-order valence-corrected chi connectivity index (χ0v) is 22.1. The number of anilines is 1. The van der Waals surface area contributed by atoms with Gasteiger partial charge in [-0.1, -0.05) is 35.1 Å². The summed E-state index contributed by atoms with van der Waals surface area (Å²) in [5, 5.41) is 23.6. The first-order valence-electron chi connectivity index (χ1n) is 11.3. The number of carbonyl (C=O) groups excluding carboxylic acids is 2. The number of nitro benzene ring substituents is 1. The second kappa shape index (κ2) is 10.2. The van der Waals surface area contributed by atoms with E-state index in [2.05, 4.69) is 4.98 Å². The van der Waals surface area contributed by atoms with E-state index in [1.54, 1.807) is 36.4 Å². The maximum atomic E-state index is 13.4. The summed E-state index contributed by atoms with van der Waals surface area (Å²) < 4.78 is 11.8. The van der Waals surface area contributed by atoms with Crippen LogP contribution in [0.15, 0.2) is 66.2 Å². The maximum Gasteiger partial charge on any atom is 0.301 e. The molecular formula is C26H17Cl2N3O7S. The van der Waals surface area contributed by atoms with Crippen molar-refractivity contribution in [3.63, 3.8) is 0 Å². The van der Waals surface area contributed by atoms with Crippen molar-refractivity contribution in [1.29, 1.82) is 0 Å². The van der Waals surface area contributed by atoms with Crippen LogP contribution in [-0.2, 0) is 9.59 Å². The number of amides is 1. The standard InChI is InChI=1S/C26H16ClN3O7S.ClH/c27-15-5-6-17-20(12-15)38-26(28-17)29-22(13-2-1-3-16(10-13)30(34)35)21(24(32)25(29)33)23(31)14-4-7-18-19(11-14)37-9-8-36-18;/h1-7,10-12,22,31H,8-9H2;1H. The summed E-state index contributed by atoms with van der Waals surface area (Å²) in [7, 11) is 0. The molecule has 3 aromatic carbocycles. The number of non-ortho nitro benzene ring substituents is 1. The molecule has 3 heterocycles. The third-order valence-electron chi connectivity index (χ3n) is 6.20. The highest BCUT2D eigenvalue weighted by atomic mass is 35.5. The van der Waals surface area contributed by atoms with E-state index in [0.717, 1.165) is 16.2 Å². The Bertz CT molecular complexity index is 1700. The van der Waals surface area contributed by atoms with Crippen LogP contribution >= 0.6 is 35.3 Å². The Morgan fingerprint density at radius 1 is 1.08 bits per heavy atom. The molecule has 6 rings (SSSR count). The maximum absolute atomic E-state index is 13.4. The average Bonchev–Trinajstić information content (AvgIpc) is 3.45. The SMILES string of the molecule is Cl.O=C1C(=O)N(c2nc3ccc(Cl)cc3s2)C(c2cccc([N+](=O)[O-])c2)C1=C(O)c1ccc2c(c1)OCCO2. The number of nitro groups is 1. The van der Waals surface area contributed by atoms with E-state index < -0.39 is 28.4 Å². The number of thiazole rings is 1. The van der Waals surface area contributed by atoms with Gasteiger partial charge in [0, 0.05) is 22.7 Å². The van der Waals surface area contributed by atoms with Gasteiger partial charge in [0.05, 0.1) is 26.8 Å². The molecule has 39 heavy (non-hydrogen) atoms. The molecule has 2 aliphatic rings. The third kappa shape index (κ3) is 4.54. The normalized spacial score (nSPS) is 17.8. The summed E-state index contributed by atoms with van der Waals surface area (Å²) in [6, 6.07) is 14.1. The number of aliphatic hydroxyl groups is 1. The summed E-state index contributed by atoms with van der Waals surface area (Å²) >= 11 is 7.25. The van der Waals surface area contributed by atoms with Gasteiger partial charge in [0.2, 0.25) is 0 Å². The van der Waals surface area contributed by atoms with E-state index in [1.165, 1.54) is 24.3 Å². The van der Waals surface area contributed by atoms with E-state index in [4.69, 9.17) is 21.1 Å². The fraction of sp³-hybridized carbons (Fsp3) is 0.115. The number of ether oxygens (including phenoxy) is 2. The van der Waals surface area contributed by atoms with Gasteiger partial charge >= 0.3 is 5.91 Å². The van der Waals surface area contributed by atoms with E-state index in [0.29, 0.717) is 40.0 Å². The van der Waals surface area contributed by atoms with Gasteiger partial charge in [-0.05, 0) is 42.0 Å². The van der Waals surface area contributed by atoms with Crippen LogP contribution in [0.5, 0.6) is 11.5 Å². The van der Waals surface area contributed by atoms with Crippen LogP contribution in [0, 0.1) is 10.1 Å². The minimum absolute atomic E-state index is 0. The largest absolute Gasteiger partial charge is 0.507 e. The Hall–Kier alpha value is -4.19. The molecule has 1 fully saturated rings. The summed E-state index contributed by atoms with van der Waals surface area (Å²) in [4.78, 5) is 43.5. The molecule has 198 valence electrons. The van der Waals surface area contributed by atoms with Crippen LogP contribution in [0.4, 0.5) is 10.8 Å². The zero-order valence-electron chi connectivity index (χ0n) is 19.7. The molecule has 0 saturated carbocycles. The number of hydrogen-bond acceptors (Lipinski definition) is 9. The quantitative estimate of drug-likeness (QED) is 0.106. The van der Waals surface area contributed by atoms with Crippen LogP contribution in [-0.4, -0.2) is 39.9 Å². The number of rotatable bonds is 4. The number of carbonyl (C=O) groups is 2. The predicted molar refractivity (Wildman–Crippen MR) is 147 cm³/mol. The molecule has 1 amide bonds. The summed E-state index contributed by atoms with van der Waals surface area (Å²) in [5.41, 5.74) is 0.572. The van der Waals surface area contributed by atoms with Crippen LogP contribution in [0.1, 0.15) is 17.2 Å². The van der Waals surface area contributed by atoms with Crippen molar-refractivity contribution < 1.29 is 29.1 Å². The smallest absolute Gasteiger partial charge is 0.301 e. The number of halogens is 2. The molecule has 4 aromatic rings. The summed E-state index contributed by atoms with van der Waals surface area (Å²) in [6.07, 6.45) is 0. The van der Waals surface area contributed by atoms with Crippen LogP contribution in [0.2, 0.25) is 5.02 Å². The number of nitrogens with zero attached hydrogens (tertiary/aromatic N) is 3. The van der Waals surface area contributed by atoms with Gasteiger partial charge in [0.1, 0.15) is 19.0 Å². The highest BCUT2D eigenvalue weighted by Gasteiger charge is 2.48. The number of aromatic nitrogens is 1. The fourth-order valence-corrected chi connectivity index (χ4v) is 5.76. The number of Topliss-reactive ketones (excluding diaryl/α,β-unsaturated/α-hetero) is 1. The molecular weight excluding hydrogens is 569 g/mol. The van der Waals surface area contributed by atoms with Gasteiger partial charge < -0.3 is 14.6 Å². The molecule has 10 nitrogen and oxygen atoms in total. The molecule has 0 bridgehead atoms. The minimum atomic E-state index is -1.18. The van der Waals surface area contributed by atoms with Crippen molar-refractivity contribution >= 4 is 73.8 Å². The molecule has 2 aliphatic heterocycles. The Morgan fingerprint density at radius 3 is 2.62 bits per heavy atom. The molecule has 0 radical (unpaired) electrons. The lowest BCUT2D eigenvalue weighted by atomic mass is 9.95. The monoisotopic (exact) mass is 585 g/mol. The molecule has 1 atom stereocenters.